The fraction of sp³-hybridized carbons (Fsp3) is 0.700. The second-order valence-electron chi connectivity index (χ2n) is 7.26. The van der Waals surface area contributed by atoms with Crippen molar-refractivity contribution in [2.45, 2.75) is 45.4 Å². The molecule has 1 aromatic rings. The highest BCUT2D eigenvalue weighted by Crippen LogP contribution is 2.17. The molecular formula is C20H33NO4. The summed E-state index contributed by atoms with van der Waals surface area (Å²) in [7, 11) is 1.67. The number of nitrogens with zero attached hydrogens (tertiary/aromatic N) is 1. The van der Waals surface area contributed by atoms with Gasteiger partial charge in [0.1, 0.15) is 5.75 Å². The van der Waals surface area contributed by atoms with Crippen molar-refractivity contribution >= 4 is 0 Å². The van der Waals surface area contributed by atoms with E-state index < -0.39 is 6.10 Å². The predicted molar refractivity (Wildman–Crippen MR) is 98.9 cm³/mol. The molecule has 142 valence electrons. The summed E-state index contributed by atoms with van der Waals surface area (Å²) in [6, 6.07) is 8.09. The van der Waals surface area contributed by atoms with Crippen molar-refractivity contribution in [3.05, 3.63) is 29.8 Å². The molecule has 1 N–H and O–H groups in total. The molecule has 2 atom stereocenters. The van der Waals surface area contributed by atoms with Gasteiger partial charge in [0.05, 0.1) is 25.9 Å². The Morgan fingerprint density at radius 1 is 1.24 bits per heavy atom. The Bertz CT molecular complexity index is 471. The van der Waals surface area contributed by atoms with E-state index >= 15 is 0 Å². The molecule has 0 bridgehead atoms. The lowest BCUT2D eigenvalue weighted by molar-refractivity contribution is -0.00391. The predicted octanol–water partition coefficient (Wildman–Crippen LogP) is 2.71. The summed E-state index contributed by atoms with van der Waals surface area (Å²) in [6.07, 6.45) is 2.00. The number of ether oxygens (including phenoxy) is 3. The molecule has 1 saturated heterocycles. The highest BCUT2D eigenvalue weighted by atomic mass is 16.5. The Labute approximate surface area is 151 Å². The Balaban J connectivity index is 1.89. The molecule has 0 spiro atoms. The van der Waals surface area contributed by atoms with Gasteiger partial charge in [0.25, 0.3) is 0 Å². The largest absolute Gasteiger partial charge is 0.497 e. The molecule has 25 heavy (non-hydrogen) atoms. The first kappa shape index (κ1) is 20.2. The van der Waals surface area contributed by atoms with Gasteiger partial charge in [0.15, 0.2) is 0 Å². The van der Waals surface area contributed by atoms with Gasteiger partial charge >= 0.3 is 0 Å². The fourth-order valence-electron chi connectivity index (χ4n) is 3.06. The third kappa shape index (κ3) is 7.74. The molecule has 0 unspecified atom stereocenters. The molecule has 5 nitrogen and oxygen atoms in total. The van der Waals surface area contributed by atoms with E-state index in [2.05, 4.69) is 30.9 Å². The minimum atomic E-state index is -0.488. The van der Waals surface area contributed by atoms with Crippen LogP contribution < -0.4 is 4.74 Å². The van der Waals surface area contributed by atoms with Crippen LogP contribution in [0.4, 0.5) is 0 Å². The molecular weight excluding hydrogens is 318 g/mol. The maximum absolute atomic E-state index is 10.3. The van der Waals surface area contributed by atoms with E-state index in [1.165, 1.54) is 5.56 Å². The number of aliphatic hydroxyl groups excluding tert-OH is 1. The average molecular weight is 351 g/mol. The zero-order chi connectivity index (χ0) is 18.1. The van der Waals surface area contributed by atoms with E-state index in [4.69, 9.17) is 14.2 Å². The van der Waals surface area contributed by atoms with Gasteiger partial charge < -0.3 is 19.3 Å². The highest BCUT2D eigenvalue weighted by Gasteiger charge is 2.21. The molecule has 0 saturated carbocycles. The summed E-state index contributed by atoms with van der Waals surface area (Å²) < 4.78 is 16.6. The smallest absolute Gasteiger partial charge is 0.118 e. The quantitative estimate of drug-likeness (QED) is 0.664. The zero-order valence-electron chi connectivity index (χ0n) is 15.8. The lowest BCUT2D eigenvalue weighted by Crippen LogP contribution is -2.39. The van der Waals surface area contributed by atoms with E-state index in [-0.39, 0.29) is 6.10 Å². The first-order chi connectivity index (χ1) is 12.1. The SMILES string of the molecule is COc1ccc(CN(C[C@H](O)COCC(C)C)C[C@H]2CCCO2)cc1. The van der Waals surface area contributed by atoms with E-state index in [1.807, 2.05) is 12.1 Å². The van der Waals surface area contributed by atoms with E-state index in [0.29, 0.717) is 25.7 Å². The molecule has 0 amide bonds. The van der Waals surface area contributed by atoms with Gasteiger partial charge in [-0.1, -0.05) is 26.0 Å². The average Bonchev–Trinajstić information content (AvgIpc) is 3.08. The third-order valence-corrected chi connectivity index (χ3v) is 4.28. The van der Waals surface area contributed by atoms with Crippen molar-refractivity contribution in [1.82, 2.24) is 4.90 Å². The van der Waals surface area contributed by atoms with E-state index in [9.17, 15) is 5.11 Å². The molecule has 1 aromatic carbocycles. The van der Waals surface area contributed by atoms with Crippen molar-refractivity contribution in [3.63, 3.8) is 0 Å². The monoisotopic (exact) mass is 351 g/mol. The van der Waals surface area contributed by atoms with E-state index in [1.54, 1.807) is 7.11 Å². The Morgan fingerprint density at radius 3 is 2.60 bits per heavy atom. The van der Waals surface area contributed by atoms with Crippen LogP contribution in [0.15, 0.2) is 24.3 Å². The van der Waals surface area contributed by atoms with Crippen molar-refractivity contribution in [2.75, 3.05) is 40.0 Å². The normalized spacial score (nSPS) is 18.9. The summed E-state index contributed by atoms with van der Waals surface area (Å²) in [5, 5.41) is 10.3. The van der Waals surface area contributed by atoms with Gasteiger partial charge in [-0.3, -0.25) is 4.90 Å². The zero-order valence-corrected chi connectivity index (χ0v) is 15.8. The van der Waals surface area contributed by atoms with Gasteiger partial charge in [-0.25, -0.2) is 0 Å². The molecule has 1 aliphatic heterocycles. The van der Waals surface area contributed by atoms with Crippen LogP contribution in [-0.2, 0) is 16.0 Å². The van der Waals surface area contributed by atoms with Crippen LogP contribution in [0.1, 0.15) is 32.3 Å². The number of benzene rings is 1. The number of hydrogen-bond acceptors (Lipinski definition) is 5. The first-order valence-electron chi connectivity index (χ1n) is 9.29. The second kappa shape index (κ2) is 10.8. The lowest BCUT2D eigenvalue weighted by Gasteiger charge is -2.27. The van der Waals surface area contributed by atoms with E-state index in [0.717, 1.165) is 38.3 Å². The van der Waals surface area contributed by atoms with Crippen LogP contribution in [-0.4, -0.2) is 62.2 Å². The molecule has 0 aliphatic carbocycles. The van der Waals surface area contributed by atoms with Crippen LogP contribution in [0.2, 0.25) is 0 Å². The Hall–Kier alpha value is -1.14. The number of aliphatic hydroxyl groups is 1. The molecule has 2 rings (SSSR count). The van der Waals surface area contributed by atoms with Crippen molar-refractivity contribution in [3.8, 4) is 5.75 Å². The maximum Gasteiger partial charge on any atom is 0.118 e. The van der Waals surface area contributed by atoms with Gasteiger partial charge in [-0.15, -0.1) is 0 Å². The van der Waals surface area contributed by atoms with Crippen LogP contribution in [0.3, 0.4) is 0 Å². The summed E-state index contributed by atoms with van der Waals surface area (Å²) >= 11 is 0. The van der Waals surface area contributed by atoms with Crippen LogP contribution >= 0.6 is 0 Å². The topological polar surface area (TPSA) is 51.2 Å². The van der Waals surface area contributed by atoms with Crippen LogP contribution in [0, 0.1) is 5.92 Å². The minimum Gasteiger partial charge on any atom is -0.497 e. The van der Waals surface area contributed by atoms with Gasteiger partial charge in [-0.2, -0.15) is 0 Å². The third-order valence-electron chi connectivity index (χ3n) is 4.28. The van der Waals surface area contributed by atoms with Crippen LogP contribution in [0.25, 0.3) is 0 Å². The summed E-state index contributed by atoms with van der Waals surface area (Å²) in [5.74, 6) is 1.34. The van der Waals surface area contributed by atoms with Gasteiger partial charge in [-0.05, 0) is 36.5 Å². The Kier molecular flexibility index (Phi) is 8.68. The maximum atomic E-state index is 10.3. The first-order valence-corrected chi connectivity index (χ1v) is 9.29. The number of hydrogen-bond donors (Lipinski definition) is 1. The molecule has 1 fully saturated rings. The van der Waals surface area contributed by atoms with Crippen molar-refractivity contribution in [1.29, 1.82) is 0 Å². The summed E-state index contributed by atoms with van der Waals surface area (Å²) in [6.45, 7) is 8.34. The number of methoxy groups -OCH3 is 1. The van der Waals surface area contributed by atoms with Crippen molar-refractivity contribution in [2.24, 2.45) is 5.92 Å². The molecule has 1 aliphatic rings. The number of rotatable bonds is 11. The van der Waals surface area contributed by atoms with Crippen molar-refractivity contribution < 1.29 is 19.3 Å². The standard InChI is InChI=1S/C20H33NO4/c1-16(2)14-24-15-18(22)12-21(13-20-5-4-10-25-20)11-17-6-8-19(23-3)9-7-17/h6-9,16,18,20,22H,4-5,10-15H2,1-3H3/t18-,20+/m0/s1. The van der Waals surface area contributed by atoms with Crippen LogP contribution in [0.5, 0.6) is 5.75 Å². The summed E-state index contributed by atoms with van der Waals surface area (Å²) in [4.78, 5) is 2.27. The molecule has 1 heterocycles. The molecule has 0 aromatic heterocycles. The minimum absolute atomic E-state index is 0.266. The molecule has 5 heteroatoms. The highest BCUT2D eigenvalue weighted by molar-refractivity contribution is 5.27. The second-order valence-corrected chi connectivity index (χ2v) is 7.26. The fourth-order valence-corrected chi connectivity index (χ4v) is 3.06. The molecule has 0 radical (unpaired) electrons. The lowest BCUT2D eigenvalue weighted by atomic mass is 10.1. The summed E-state index contributed by atoms with van der Waals surface area (Å²) in [5.41, 5.74) is 1.20. The van der Waals surface area contributed by atoms with Gasteiger partial charge in [0, 0.05) is 32.8 Å². The van der Waals surface area contributed by atoms with Gasteiger partial charge in [0.2, 0.25) is 0 Å². The Morgan fingerprint density at radius 2 is 2.00 bits per heavy atom.